The number of fused-ring (bicyclic) bond motifs is 1. The van der Waals surface area contributed by atoms with Crippen LogP contribution in [0.2, 0.25) is 0 Å². The number of aryl methyl sites for hydroxylation is 1. The van der Waals surface area contributed by atoms with E-state index in [4.69, 9.17) is 4.42 Å². The zero-order valence-electron chi connectivity index (χ0n) is 16.1. The Morgan fingerprint density at radius 1 is 1.03 bits per heavy atom. The van der Waals surface area contributed by atoms with Crippen LogP contribution in [0.15, 0.2) is 81.0 Å². The van der Waals surface area contributed by atoms with Gasteiger partial charge in [-0.1, -0.05) is 12.1 Å². The van der Waals surface area contributed by atoms with Crippen molar-refractivity contribution >= 4 is 20.9 Å². The molecular weight excluding hydrogens is 407 g/mol. The molecule has 0 atom stereocenters. The fourth-order valence-electron chi connectivity index (χ4n) is 3.23. The van der Waals surface area contributed by atoms with Gasteiger partial charge in [0.2, 0.25) is 10.0 Å². The summed E-state index contributed by atoms with van der Waals surface area (Å²) in [6.07, 6.45) is 1.45. The van der Waals surface area contributed by atoms with Crippen LogP contribution in [-0.4, -0.2) is 17.7 Å². The number of nitrogens with one attached hydrogen (secondary N) is 1. The first-order chi connectivity index (χ1) is 14.3. The second-order valence-corrected chi connectivity index (χ2v) is 8.96. The summed E-state index contributed by atoms with van der Waals surface area (Å²) >= 11 is 0. The van der Waals surface area contributed by atoms with Crippen molar-refractivity contribution < 1.29 is 17.2 Å². The summed E-state index contributed by atoms with van der Waals surface area (Å²) in [5, 5.41) is 0.798. The fraction of sp³-hybridized carbons (Fsp3) is 0.136. The minimum Gasteiger partial charge on any atom is -0.468 e. The molecule has 2 aromatic heterocycles. The molecule has 0 saturated heterocycles. The molecule has 30 heavy (non-hydrogen) atoms. The lowest BCUT2D eigenvalue weighted by Gasteiger charge is -2.21. The van der Waals surface area contributed by atoms with Gasteiger partial charge in [-0.3, -0.25) is 4.79 Å². The van der Waals surface area contributed by atoms with E-state index < -0.39 is 15.8 Å². The Labute approximate surface area is 172 Å². The molecule has 0 saturated carbocycles. The maximum absolute atomic E-state index is 13.3. The van der Waals surface area contributed by atoms with E-state index in [2.05, 4.69) is 4.98 Å². The molecule has 2 aromatic carbocycles. The number of H-pyrrole nitrogens is 1. The van der Waals surface area contributed by atoms with Crippen LogP contribution in [0, 0.1) is 12.7 Å². The Kier molecular flexibility index (Phi) is 5.27. The molecular formula is C22H19FN2O4S. The zero-order chi connectivity index (χ0) is 21.3. The molecule has 4 aromatic rings. The molecule has 4 rings (SSSR count). The van der Waals surface area contributed by atoms with Crippen LogP contribution in [0.1, 0.15) is 16.9 Å². The van der Waals surface area contributed by atoms with Gasteiger partial charge < -0.3 is 9.40 Å². The molecule has 0 bridgehead atoms. The number of aromatic nitrogens is 1. The predicted octanol–water partition coefficient (Wildman–Crippen LogP) is 3.96. The topological polar surface area (TPSA) is 83.4 Å². The summed E-state index contributed by atoms with van der Waals surface area (Å²) in [4.78, 5) is 15.4. The van der Waals surface area contributed by atoms with Gasteiger partial charge >= 0.3 is 0 Å². The maximum Gasteiger partial charge on any atom is 0.252 e. The third kappa shape index (κ3) is 4.05. The summed E-state index contributed by atoms with van der Waals surface area (Å²) in [6.45, 7) is 1.68. The molecule has 0 unspecified atom stereocenters. The van der Waals surface area contributed by atoms with Crippen molar-refractivity contribution in [3.63, 3.8) is 0 Å². The highest BCUT2D eigenvalue weighted by molar-refractivity contribution is 7.89. The number of halogens is 1. The van der Waals surface area contributed by atoms with E-state index in [0.717, 1.165) is 27.4 Å². The van der Waals surface area contributed by atoms with E-state index in [1.54, 1.807) is 18.2 Å². The van der Waals surface area contributed by atoms with E-state index in [0.29, 0.717) is 16.8 Å². The largest absolute Gasteiger partial charge is 0.468 e. The smallest absolute Gasteiger partial charge is 0.252 e. The SMILES string of the molecule is Cc1ccc2cc(CN(Cc3ccco3)S(=O)(=O)c3ccc(F)cc3)c(=O)[nH]c2c1. The van der Waals surface area contributed by atoms with Gasteiger partial charge in [-0.25, -0.2) is 12.8 Å². The number of rotatable bonds is 6. The molecule has 0 radical (unpaired) electrons. The lowest BCUT2D eigenvalue weighted by atomic mass is 10.1. The molecule has 0 aliphatic rings. The van der Waals surface area contributed by atoms with Gasteiger partial charge in [-0.15, -0.1) is 0 Å². The molecule has 0 aliphatic carbocycles. The van der Waals surface area contributed by atoms with Gasteiger partial charge in [0.05, 0.1) is 17.7 Å². The Bertz CT molecular complexity index is 1340. The quantitative estimate of drug-likeness (QED) is 0.506. The number of aromatic amines is 1. The zero-order valence-corrected chi connectivity index (χ0v) is 16.9. The third-order valence-corrected chi connectivity index (χ3v) is 6.59. The molecule has 154 valence electrons. The summed E-state index contributed by atoms with van der Waals surface area (Å²) < 4.78 is 46.2. The second kappa shape index (κ2) is 7.89. The monoisotopic (exact) mass is 426 g/mol. The van der Waals surface area contributed by atoms with E-state index in [1.807, 2.05) is 25.1 Å². The minimum atomic E-state index is -4.01. The average Bonchev–Trinajstić information content (AvgIpc) is 3.21. The van der Waals surface area contributed by atoms with Crippen LogP contribution in [-0.2, 0) is 23.1 Å². The van der Waals surface area contributed by atoms with E-state index in [9.17, 15) is 17.6 Å². The van der Waals surface area contributed by atoms with E-state index in [1.165, 1.54) is 18.4 Å². The van der Waals surface area contributed by atoms with Gasteiger partial charge in [-0.2, -0.15) is 4.31 Å². The standard InChI is InChI=1S/C22H19FN2O4S/c1-15-4-5-16-12-17(22(26)24-21(16)11-15)13-25(14-19-3-2-10-29-19)30(27,28)20-8-6-18(23)7-9-20/h2-12H,13-14H2,1H3,(H,24,26). The number of pyridine rings is 1. The number of nitrogens with zero attached hydrogens (tertiary/aromatic N) is 1. The molecule has 1 N–H and O–H groups in total. The van der Waals surface area contributed by atoms with Crippen LogP contribution in [0.4, 0.5) is 4.39 Å². The van der Waals surface area contributed by atoms with Crippen molar-refractivity contribution in [1.29, 1.82) is 0 Å². The Hall–Kier alpha value is -3.23. The van der Waals surface area contributed by atoms with Crippen LogP contribution >= 0.6 is 0 Å². The number of benzene rings is 2. The highest BCUT2D eigenvalue weighted by Crippen LogP contribution is 2.22. The second-order valence-electron chi connectivity index (χ2n) is 7.02. The fourth-order valence-corrected chi connectivity index (χ4v) is 4.61. The van der Waals surface area contributed by atoms with E-state index in [-0.39, 0.29) is 23.5 Å². The third-order valence-electron chi connectivity index (χ3n) is 4.79. The molecule has 2 heterocycles. The van der Waals surface area contributed by atoms with E-state index >= 15 is 0 Å². The van der Waals surface area contributed by atoms with Crippen LogP contribution in [0.5, 0.6) is 0 Å². The van der Waals surface area contributed by atoms with Gasteiger partial charge in [0, 0.05) is 17.6 Å². The van der Waals surface area contributed by atoms with Crippen molar-refractivity contribution in [1.82, 2.24) is 9.29 Å². The number of hydrogen-bond acceptors (Lipinski definition) is 4. The molecule has 8 heteroatoms. The normalized spacial score (nSPS) is 12.0. The summed E-state index contributed by atoms with van der Waals surface area (Å²) in [6, 6.07) is 15.2. The van der Waals surface area contributed by atoms with Crippen LogP contribution < -0.4 is 5.56 Å². The highest BCUT2D eigenvalue weighted by atomic mass is 32.2. The van der Waals surface area contributed by atoms with Gasteiger partial charge in [0.25, 0.3) is 5.56 Å². The van der Waals surface area contributed by atoms with Gasteiger partial charge in [-0.05, 0) is 66.4 Å². The lowest BCUT2D eigenvalue weighted by Crippen LogP contribution is -2.32. The Morgan fingerprint density at radius 2 is 1.80 bits per heavy atom. The number of sulfonamides is 1. The first-order valence-electron chi connectivity index (χ1n) is 9.23. The minimum absolute atomic E-state index is 0.0664. The first-order valence-corrected chi connectivity index (χ1v) is 10.7. The van der Waals surface area contributed by atoms with Crippen LogP contribution in [0.25, 0.3) is 10.9 Å². The summed E-state index contributed by atoms with van der Waals surface area (Å²) in [5.74, 6) is -0.110. The molecule has 0 amide bonds. The summed E-state index contributed by atoms with van der Waals surface area (Å²) in [5.41, 5.74) is 1.61. The van der Waals surface area contributed by atoms with Crippen molar-refractivity contribution in [3.8, 4) is 0 Å². The summed E-state index contributed by atoms with van der Waals surface area (Å²) in [7, 11) is -4.01. The highest BCUT2D eigenvalue weighted by Gasteiger charge is 2.27. The lowest BCUT2D eigenvalue weighted by molar-refractivity contribution is 0.357. The predicted molar refractivity (Wildman–Crippen MR) is 111 cm³/mol. The Morgan fingerprint density at radius 3 is 2.50 bits per heavy atom. The first kappa shape index (κ1) is 20.1. The average molecular weight is 426 g/mol. The Balaban J connectivity index is 1.76. The molecule has 0 fully saturated rings. The molecule has 0 aliphatic heterocycles. The number of hydrogen-bond donors (Lipinski definition) is 1. The number of furan rings is 1. The van der Waals surface area contributed by atoms with Gasteiger partial charge in [0.1, 0.15) is 11.6 Å². The molecule has 6 nitrogen and oxygen atoms in total. The van der Waals surface area contributed by atoms with Gasteiger partial charge in [0.15, 0.2) is 0 Å². The van der Waals surface area contributed by atoms with Crippen molar-refractivity contribution in [2.24, 2.45) is 0 Å². The molecule has 0 spiro atoms. The van der Waals surface area contributed by atoms with Crippen molar-refractivity contribution in [3.05, 3.63) is 100.0 Å². The van der Waals surface area contributed by atoms with Crippen molar-refractivity contribution in [2.45, 2.75) is 24.9 Å². The van der Waals surface area contributed by atoms with Crippen molar-refractivity contribution in [2.75, 3.05) is 0 Å². The van der Waals surface area contributed by atoms with Crippen LogP contribution in [0.3, 0.4) is 0 Å². The maximum atomic E-state index is 13.3.